The molecule has 0 aliphatic heterocycles. The SMILES string of the molecule is COc1ccc(C(CC(=O)O)NC(=O)c2cc(Br)c[nH]2)cc1F. The fourth-order valence-corrected chi connectivity index (χ4v) is 2.40. The molecule has 0 fully saturated rings. The molecule has 122 valence electrons. The minimum Gasteiger partial charge on any atom is -0.494 e. The third-order valence-electron chi connectivity index (χ3n) is 3.15. The van der Waals surface area contributed by atoms with Crippen molar-refractivity contribution < 1.29 is 23.8 Å². The summed E-state index contributed by atoms with van der Waals surface area (Å²) in [7, 11) is 1.33. The van der Waals surface area contributed by atoms with Crippen molar-refractivity contribution in [1.29, 1.82) is 0 Å². The lowest BCUT2D eigenvalue weighted by molar-refractivity contribution is -0.137. The summed E-state index contributed by atoms with van der Waals surface area (Å²) in [6, 6.07) is 4.73. The minimum atomic E-state index is -1.11. The minimum absolute atomic E-state index is 0.0439. The topological polar surface area (TPSA) is 91.4 Å². The van der Waals surface area contributed by atoms with Gasteiger partial charge in [-0.15, -0.1) is 0 Å². The lowest BCUT2D eigenvalue weighted by Gasteiger charge is -2.17. The van der Waals surface area contributed by atoms with E-state index in [1.165, 1.54) is 19.2 Å². The third-order valence-corrected chi connectivity index (χ3v) is 3.61. The standard InChI is InChI=1S/C15H14BrFN2O4/c1-23-13-3-2-8(4-10(13)17)11(6-14(20)21)19-15(22)12-5-9(16)7-18-12/h2-5,7,11,18H,6H2,1H3,(H,19,22)(H,20,21). The number of H-pyrrole nitrogens is 1. The summed E-state index contributed by atoms with van der Waals surface area (Å²) < 4.78 is 19.3. The van der Waals surface area contributed by atoms with Crippen molar-refractivity contribution in [2.24, 2.45) is 0 Å². The molecule has 1 unspecified atom stereocenters. The number of benzene rings is 1. The lowest BCUT2D eigenvalue weighted by Crippen LogP contribution is -2.30. The summed E-state index contributed by atoms with van der Waals surface area (Å²) in [5.74, 6) is -2.18. The van der Waals surface area contributed by atoms with Crippen molar-refractivity contribution in [2.45, 2.75) is 12.5 Å². The van der Waals surface area contributed by atoms with Crippen LogP contribution in [-0.2, 0) is 4.79 Å². The van der Waals surface area contributed by atoms with Crippen molar-refractivity contribution in [1.82, 2.24) is 10.3 Å². The van der Waals surface area contributed by atoms with Gasteiger partial charge >= 0.3 is 5.97 Å². The number of carbonyl (C=O) groups is 2. The quantitative estimate of drug-likeness (QED) is 0.713. The summed E-state index contributed by atoms with van der Waals surface area (Å²) in [5.41, 5.74) is 0.603. The number of rotatable bonds is 6. The molecule has 1 atom stereocenters. The van der Waals surface area contributed by atoms with Crippen molar-refractivity contribution in [3.8, 4) is 5.75 Å². The van der Waals surface area contributed by atoms with Crippen LogP contribution in [0.3, 0.4) is 0 Å². The Labute approximate surface area is 139 Å². The van der Waals surface area contributed by atoms with Crippen LogP contribution in [-0.4, -0.2) is 29.1 Å². The van der Waals surface area contributed by atoms with Gasteiger partial charge < -0.3 is 20.1 Å². The summed E-state index contributed by atoms with van der Waals surface area (Å²) in [4.78, 5) is 25.9. The number of hydrogen-bond donors (Lipinski definition) is 3. The number of aromatic amines is 1. The second-order valence-corrected chi connectivity index (χ2v) is 5.67. The molecule has 2 aromatic rings. The molecule has 0 aliphatic carbocycles. The molecular weight excluding hydrogens is 371 g/mol. The van der Waals surface area contributed by atoms with Crippen LogP contribution < -0.4 is 10.1 Å². The van der Waals surface area contributed by atoms with E-state index in [9.17, 15) is 14.0 Å². The van der Waals surface area contributed by atoms with Gasteiger partial charge in [0.2, 0.25) is 0 Å². The van der Waals surface area contributed by atoms with E-state index in [-0.39, 0.29) is 17.9 Å². The van der Waals surface area contributed by atoms with Gasteiger partial charge in [0.05, 0.1) is 19.6 Å². The Balaban J connectivity index is 2.24. The second kappa shape index (κ2) is 7.28. The second-order valence-electron chi connectivity index (χ2n) is 4.75. The van der Waals surface area contributed by atoms with Crippen molar-refractivity contribution in [3.63, 3.8) is 0 Å². The van der Waals surface area contributed by atoms with Crippen molar-refractivity contribution >= 4 is 27.8 Å². The highest BCUT2D eigenvalue weighted by molar-refractivity contribution is 9.10. The fourth-order valence-electron chi connectivity index (χ4n) is 2.06. The molecule has 8 heteroatoms. The predicted molar refractivity (Wildman–Crippen MR) is 83.9 cm³/mol. The smallest absolute Gasteiger partial charge is 0.305 e. The number of aliphatic carboxylic acids is 1. The monoisotopic (exact) mass is 384 g/mol. The predicted octanol–water partition coefficient (Wildman–Crippen LogP) is 2.87. The third kappa shape index (κ3) is 4.32. The maximum absolute atomic E-state index is 13.8. The molecule has 6 nitrogen and oxygen atoms in total. The number of carboxylic acids is 1. The highest BCUT2D eigenvalue weighted by Crippen LogP contribution is 2.24. The molecule has 0 radical (unpaired) electrons. The number of amides is 1. The number of ether oxygens (including phenoxy) is 1. The Morgan fingerprint density at radius 2 is 2.17 bits per heavy atom. The first-order valence-electron chi connectivity index (χ1n) is 6.60. The van der Waals surface area contributed by atoms with E-state index in [0.29, 0.717) is 10.0 Å². The summed E-state index contributed by atoms with van der Waals surface area (Å²) in [6.45, 7) is 0. The van der Waals surface area contributed by atoms with Crippen LogP contribution >= 0.6 is 15.9 Å². The van der Waals surface area contributed by atoms with Gasteiger partial charge in [-0.05, 0) is 39.7 Å². The molecule has 0 bridgehead atoms. The molecule has 0 saturated carbocycles. The van der Waals surface area contributed by atoms with E-state index in [0.717, 1.165) is 6.07 Å². The normalized spacial score (nSPS) is 11.8. The molecule has 3 N–H and O–H groups in total. The maximum atomic E-state index is 13.8. The average molecular weight is 385 g/mol. The number of carbonyl (C=O) groups excluding carboxylic acids is 1. The van der Waals surface area contributed by atoms with Gasteiger partial charge in [0, 0.05) is 10.7 Å². The first kappa shape index (κ1) is 17.0. The number of aromatic nitrogens is 1. The highest BCUT2D eigenvalue weighted by Gasteiger charge is 2.21. The summed E-state index contributed by atoms with van der Waals surface area (Å²) in [6.07, 6.45) is 1.20. The van der Waals surface area contributed by atoms with Crippen molar-refractivity contribution in [3.05, 3.63) is 52.0 Å². The van der Waals surface area contributed by atoms with Crippen LogP contribution in [0.1, 0.15) is 28.5 Å². The van der Waals surface area contributed by atoms with Gasteiger partial charge in [-0.3, -0.25) is 9.59 Å². The molecule has 0 saturated heterocycles. The molecule has 0 spiro atoms. The van der Waals surface area contributed by atoms with Gasteiger partial charge in [0.1, 0.15) is 5.69 Å². The summed E-state index contributed by atoms with van der Waals surface area (Å²) >= 11 is 3.21. The van der Waals surface area contributed by atoms with E-state index in [1.807, 2.05) is 0 Å². The zero-order chi connectivity index (χ0) is 17.0. The maximum Gasteiger partial charge on any atom is 0.305 e. The average Bonchev–Trinajstić information content (AvgIpc) is 2.92. The van der Waals surface area contributed by atoms with E-state index in [1.54, 1.807) is 12.3 Å². The van der Waals surface area contributed by atoms with Crippen LogP contribution in [0.25, 0.3) is 0 Å². The molecule has 1 aromatic carbocycles. The van der Waals surface area contributed by atoms with E-state index < -0.39 is 23.7 Å². The largest absolute Gasteiger partial charge is 0.494 e. The first-order valence-corrected chi connectivity index (χ1v) is 7.40. The molecule has 0 aliphatic rings. The summed E-state index contributed by atoms with van der Waals surface area (Å²) in [5, 5.41) is 11.6. The molecule has 1 heterocycles. The Morgan fingerprint density at radius 1 is 1.43 bits per heavy atom. The van der Waals surface area contributed by atoms with E-state index in [2.05, 4.69) is 26.2 Å². The molecule has 1 aromatic heterocycles. The Bertz CT molecular complexity index is 732. The van der Waals surface area contributed by atoms with Gasteiger partial charge in [0.15, 0.2) is 11.6 Å². The lowest BCUT2D eigenvalue weighted by atomic mass is 10.0. The van der Waals surface area contributed by atoms with Crippen LogP contribution in [0, 0.1) is 5.82 Å². The van der Waals surface area contributed by atoms with Crippen molar-refractivity contribution in [2.75, 3.05) is 7.11 Å². The number of carboxylic acid groups (broad SMARTS) is 1. The van der Waals surface area contributed by atoms with E-state index in [4.69, 9.17) is 9.84 Å². The van der Waals surface area contributed by atoms with Gasteiger partial charge in [-0.1, -0.05) is 6.07 Å². The van der Waals surface area contributed by atoms with Crippen LogP contribution in [0.4, 0.5) is 4.39 Å². The van der Waals surface area contributed by atoms with Crippen LogP contribution in [0.15, 0.2) is 34.9 Å². The Morgan fingerprint density at radius 3 is 2.70 bits per heavy atom. The number of hydrogen-bond acceptors (Lipinski definition) is 3. The van der Waals surface area contributed by atoms with Gasteiger partial charge in [-0.2, -0.15) is 0 Å². The Kier molecular flexibility index (Phi) is 5.38. The highest BCUT2D eigenvalue weighted by atomic mass is 79.9. The zero-order valence-corrected chi connectivity index (χ0v) is 13.7. The number of halogens is 2. The number of methoxy groups -OCH3 is 1. The molecule has 1 amide bonds. The van der Waals surface area contributed by atoms with Crippen LogP contribution in [0.2, 0.25) is 0 Å². The van der Waals surface area contributed by atoms with Crippen LogP contribution in [0.5, 0.6) is 5.75 Å². The fraction of sp³-hybridized carbons (Fsp3) is 0.200. The van der Waals surface area contributed by atoms with E-state index >= 15 is 0 Å². The molecular formula is C15H14BrFN2O4. The Hall–Kier alpha value is -2.35. The zero-order valence-electron chi connectivity index (χ0n) is 12.1. The molecule has 23 heavy (non-hydrogen) atoms. The molecule has 2 rings (SSSR count). The van der Waals surface area contributed by atoms with Gasteiger partial charge in [0.25, 0.3) is 5.91 Å². The van der Waals surface area contributed by atoms with Gasteiger partial charge in [-0.25, -0.2) is 4.39 Å². The first-order chi connectivity index (χ1) is 10.9. The number of nitrogens with one attached hydrogen (secondary N) is 2.